The van der Waals surface area contributed by atoms with Gasteiger partial charge in [-0.05, 0) is 65.9 Å². The van der Waals surface area contributed by atoms with Crippen molar-refractivity contribution in [3.8, 4) is 22.6 Å². The first-order chi connectivity index (χ1) is 13.1. The van der Waals surface area contributed by atoms with Gasteiger partial charge in [-0.3, -0.25) is 9.78 Å². The van der Waals surface area contributed by atoms with E-state index in [4.69, 9.17) is 9.47 Å². The van der Waals surface area contributed by atoms with Gasteiger partial charge in [-0.2, -0.15) is 0 Å². The molecule has 0 bridgehead atoms. The Morgan fingerprint density at radius 3 is 2.81 bits per heavy atom. The number of fused-ring (bicyclic) bond motifs is 2. The third-order valence-electron chi connectivity index (χ3n) is 5.35. The Bertz CT molecular complexity index is 1050. The molecule has 1 atom stereocenters. The lowest BCUT2D eigenvalue weighted by Gasteiger charge is -2.23. The Hall–Kier alpha value is -3.34. The Kier molecular flexibility index (Phi) is 3.44. The first-order valence-electron chi connectivity index (χ1n) is 8.88. The van der Waals surface area contributed by atoms with Crippen molar-refractivity contribution in [2.45, 2.75) is 18.8 Å². The molecule has 2 aliphatic heterocycles. The third kappa shape index (κ3) is 2.54. The van der Waals surface area contributed by atoms with Crippen molar-refractivity contribution in [1.82, 2.24) is 4.98 Å². The minimum atomic E-state index is -0.652. The maximum absolute atomic E-state index is 12.9. The summed E-state index contributed by atoms with van der Waals surface area (Å²) in [4.78, 5) is 17.1. The lowest BCUT2D eigenvalue weighted by atomic mass is 9.77. The molecule has 3 heterocycles. The lowest BCUT2D eigenvalue weighted by Crippen LogP contribution is -2.33. The molecule has 5 nitrogen and oxygen atoms in total. The maximum atomic E-state index is 12.9. The maximum Gasteiger partial charge on any atom is 0.235 e. The normalized spacial score (nSPS) is 19.7. The molecule has 1 unspecified atom stereocenters. The Morgan fingerprint density at radius 2 is 1.96 bits per heavy atom. The van der Waals surface area contributed by atoms with Crippen molar-refractivity contribution in [2.75, 3.05) is 12.1 Å². The Morgan fingerprint density at radius 1 is 1.07 bits per heavy atom. The zero-order valence-electron chi connectivity index (χ0n) is 14.9. The Labute approximate surface area is 157 Å². The van der Waals surface area contributed by atoms with E-state index in [1.54, 1.807) is 6.20 Å². The summed E-state index contributed by atoms with van der Waals surface area (Å²) in [5.74, 6) is 1.50. The van der Waals surface area contributed by atoms with Crippen molar-refractivity contribution in [1.29, 1.82) is 0 Å². The van der Waals surface area contributed by atoms with E-state index < -0.39 is 5.41 Å². The largest absolute Gasteiger partial charge is 0.454 e. The van der Waals surface area contributed by atoms with Crippen LogP contribution in [0.3, 0.4) is 0 Å². The summed E-state index contributed by atoms with van der Waals surface area (Å²) in [6.45, 7) is 2.24. The van der Waals surface area contributed by atoms with Crippen LogP contribution in [0.1, 0.15) is 18.1 Å². The molecule has 5 rings (SSSR count). The first-order valence-corrected chi connectivity index (χ1v) is 8.88. The quantitative estimate of drug-likeness (QED) is 0.771. The summed E-state index contributed by atoms with van der Waals surface area (Å²) < 4.78 is 10.9. The molecule has 5 heteroatoms. The van der Waals surface area contributed by atoms with E-state index in [1.165, 1.54) is 0 Å². The van der Waals surface area contributed by atoms with Gasteiger partial charge in [0.1, 0.15) is 0 Å². The van der Waals surface area contributed by atoms with Crippen LogP contribution in [-0.2, 0) is 16.6 Å². The number of carbonyl (C=O) groups is 1. The van der Waals surface area contributed by atoms with Crippen molar-refractivity contribution in [3.05, 3.63) is 72.1 Å². The van der Waals surface area contributed by atoms with Crippen molar-refractivity contribution in [2.24, 2.45) is 0 Å². The summed E-state index contributed by atoms with van der Waals surface area (Å²) in [7, 11) is 0. The fourth-order valence-electron chi connectivity index (χ4n) is 3.84. The van der Waals surface area contributed by atoms with Gasteiger partial charge < -0.3 is 14.8 Å². The van der Waals surface area contributed by atoms with Gasteiger partial charge in [0.25, 0.3) is 0 Å². The number of ether oxygens (including phenoxy) is 2. The van der Waals surface area contributed by atoms with E-state index in [0.29, 0.717) is 6.42 Å². The van der Waals surface area contributed by atoms with E-state index in [-0.39, 0.29) is 12.7 Å². The molecule has 1 aromatic heterocycles. The van der Waals surface area contributed by atoms with Crippen molar-refractivity contribution >= 4 is 11.6 Å². The molecule has 1 amide bonds. The summed E-state index contributed by atoms with van der Waals surface area (Å²) in [5.41, 5.74) is 4.35. The number of anilines is 1. The molecule has 2 aliphatic rings. The molecule has 0 spiro atoms. The van der Waals surface area contributed by atoms with Crippen molar-refractivity contribution in [3.63, 3.8) is 0 Å². The number of benzene rings is 2. The molecule has 134 valence electrons. The molecule has 0 radical (unpaired) electrons. The van der Waals surface area contributed by atoms with Crippen LogP contribution in [0.4, 0.5) is 5.69 Å². The molecule has 1 N–H and O–H groups in total. The van der Waals surface area contributed by atoms with Crippen LogP contribution in [0.2, 0.25) is 0 Å². The van der Waals surface area contributed by atoms with E-state index in [9.17, 15) is 4.79 Å². The van der Waals surface area contributed by atoms with Crippen LogP contribution < -0.4 is 14.8 Å². The van der Waals surface area contributed by atoms with Gasteiger partial charge in [0.2, 0.25) is 12.7 Å². The summed E-state index contributed by atoms with van der Waals surface area (Å²) >= 11 is 0. The Balaban J connectivity index is 1.54. The molecule has 0 saturated carbocycles. The zero-order valence-corrected chi connectivity index (χ0v) is 14.9. The van der Waals surface area contributed by atoms with Gasteiger partial charge >= 0.3 is 0 Å². The highest BCUT2D eigenvalue weighted by Gasteiger charge is 2.43. The van der Waals surface area contributed by atoms with E-state index in [0.717, 1.165) is 39.4 Å². The number of aromatic nitrogens is 1. The zero-order chi connectivity index (χ0) is 18.4. The van der Waals surface area contributed by atoms with Gasteiger partial charge in [0.05, 0.1) is 5.41 Å². The fourth-order valence-corrected chi connectivity index (χ4v) is 3.84. The predicted molar refractivity (Wildman–Crippen MR) is 102 cm³/mol. The van der Waals surface area contributed by atoms with Crippen LogP contribution in [0.25, 0.3) is 11.1 Å². The number of pyridine rings is 1. The topological polar surface area (TPSA) is 60.5 Å². The van der Waals surface area contributed by atoms with Gasteiger partial charge in [0, 0.05) is 18.1 Å². The molecule has 2 aromatic carbocycles. The molecule has 27 heavy (non-hydrogen) atoms. The highest BCUT2D eigenvalue weighted by Crippen LogP contribution is 2.43. The number of hydrogen-bond acceptors (Lipinski definition) is 4. The van der Waals surface area contributed by atoms with E-state index in [1.807, 2.05) is 55.6 Å². The monoisotopic (exact) mass is 358 g/mol. The minimum absolute atomic E-state index is 0.0125. The lowest BCUT2D eigenvalue weighted by molar-refractivity contribution is -0.120. The highest BCUT2D eigenvalue weighted by molar-refractivity contribution is 6.06. The molecular formula is C22H18N2O3. The summed E-state index contributed by atoms with van der Waals surface area (Å²) in [6.07, 6.45) is 4.17. The number of nitrogens with one attached hydrogen (secondary N) is 1. The molecule has 0 fully saturated rings. The standard InChI is InChI=1S/C22H18N2O3/c1-22(11-14-4-7-19-20(9-14)27-13-26-19)17-10-15(16-3-2-8-23-12-16)5-6-18(17)24-21(22)25/h2-10,12H,11,13H2,1H3,(H,24,25). The molecule has 3 aromatic rings. The number of rotatable bonds is 3. The number of carbonyl (C=O) groups excluding carboxylic acids is 1. The average molecular weight is 358 g/mol. The van der Waals surface area contributed by atoms with Gasteiger partial charge in [-0.1, -0.05) is 18.2 Å². The second-order valence-electron chi connectivity index (χ2n) is 7.15. The van der Waals surface area contributed by atoms with Crippen LogP contribution in [0.15, 0.2) is 60.9 Å². The van der Waals surface area contributed by atoms with Crippen LogP contribution in [0.5, 0.6) is 11.5 Å². The van der Waals surface area contributed by atoms with Crippen molar-refractivity contribution < 1.29 is 14.3 Å². The summed E-state index contributed by atoms with van der Waals surface area (Å²) in [5, 5.41) is 3.03. The third-order valence-corrected chi connectivity index (χ3v) is 5.35. The molecule has 0 aliphatic carbocycles. The number of nitrogens with zero attached hydrogens (tertiary/aromatic N) is 1. The second-order valence-corrected chi connectivity index (χ2v) is 7.15. The SMILES string of the molecule is CC1(Cc2ccc3c(c2)OCO3)C(=O)Nc2ccc(-c3cccnc3)cc21. The van der Waals surface area contributed by atoms with E-state index >= 15 is 0 Å². The fraction of sp³-hybridized carbons (Fsp3) is 0.182. The minimum Gasteiger partial charge on any atom is -0.454 e. The highest BCUT2D eigenvalue weighted by atomic mass is 16.7. The summed E-state index contributed by atoms with van der Waals surface area (Å²) in [6, 6.07) is 15.9. The van der Waals surface area contributed by atoms with Crippen LogP contribution in [-0.4, -0.2) is 17.7 Å². The van der Waals surface area contributed by atoms with Crippen LogP contribution in [0, 0.1) is 0 Å². The average Bonchev–Trinajstić information content (AvgIpc) is 3.25. The van der Waals surface area contributed by atoms with E-state index in [2.05, 4.69) is 16.4 Å². The van der Waals surface area contributed by atoms with Gasteiger partial charge in [0.15, 0.2) is 11.5 Å². The van der Waals surface area contributed by atoms with Gasteiger partial charge in [-0.15, -0.1) is 0 Å². The smallest absolute Gasteiger partial charge is 0.235 e. The van der Waals surface area contributed by atoms with Crippen LogP contribution >= 0.6 is 0 Å². The first kappa shape index (κ1) is 15.9. The predicted octanol–water partition coefficient (Wildman–Crippen LogP) is 3.93. The van der Waals surface area contributed by atoms with Gasteiger partial charge in [-0.25, -0.2) is 0 Å². The second kappa shape index (κ2) is 5.84. The molecule has 0 saturated heterocycles. The number of hydrogen-bond donors (Lipinski definition) is 1. The molecular weight excluding hydrogens is 340 g/mol. The number of amides is 1.